The average Bonchev–Trinajstić information content (AvgIpc) is 2.82. The zero-order chi connectivity index (χ0) is 19.9. The normalized spacial score (nSPS) is 11.3. The van der Waals surface area contributed by atoms with Crippen LogP contribution >= 0.6 is 0 Å². The molecular formula is C24H14N6. The van der Waals surface area contributed by atoms with Crippen molar-refractivity contribution >= 4 is 32.7 Å². The maximum Gasteiger partial charge on any atom is 0.160 e. The van der Waals surface area contributed by atoms with Crippen LogP contribution in [0.25, 0.3) is 55.5 Å². The average molecular weight is 386 g/mol. The number of benzene rings is 3. The summed E-state index contributed by atoms with van der Waals surface area (Å²) >= 11 is 0. The number of rotatable bonds is 2. The van der Waals surface area contributed by atoms with Gasteiger partial charge in [-0.1, -0.05) is 30.3 Å². The van der Waals surface area contributed by atoms with E-state index in [4.69, 9.17) is 9.97 Å². The Bertz CT molecular complexity index is 1560. The molecule has 0 N–H and O–H groups in total. The highest BCUT2D eigenvalue weighted by Crippen LogP contribution is 2.28. The molecule has 6 heteroatoms. The third-order valence-corrected chi connectivity index (χ3v) is 5.12. The van der Waals surface area contributed by atoms with Crippen molar-refractivity contribution in [3.63, 3.8) is 0 Å². The molecule has 3 aromatic heterocycles. The SMILES string of the molecule is c1ccc2nc(-c3cccc4nc(-c5ccc6ncncc6c5)ncc34)ncc2c1. The highest BCUT2D eigenvalue weighted by molar-refractivity contribution is 5.94. The molecule has 6 aromatic rings. The molecule has 3 heterocycles. The van der Waals surface area contributed by atoms with Crippen molar-refractivity contribution in [1.82, 2.24) is 29.9 Å². The molecule has 0 saturated heterocycles. The number of para-hydroxylation sites is 1. The number of nitrogens with zero attached hydrogens (tertiary/aromatic N) is 6. The molecule has 0 bridgehead atoms. The van der Waals surface area contributed by atoms with Crippen LogP contribution in [0, 0.1) is 0 Å². The van der Waals surface area contributed by atoms with Gasteiger partial charge in [0.05, 0.1) is 16.6 Å². The lowest BCUT2D eigenvalue weighted by Crippen LogP contribution is -1.94. The van der Waals surface area contributed by atoms with E-state index in [1.54, 1.807) is 12.5 Å². The second-order valence-corrected chi connectivity index (χ2v) is 6.98. The minimum absolute atomic E-state index is 0.657. The number of fused-ring (bicyclic) bond motifs is 3. The molecule has 3 aromatic carbocycles. The summed E-state index contributed by atoms with van der Waals surface area (Å²) in [5.74, 6) is 1.32. The van der Waals surface area contributed by atoms with Gasteiger partial charge in [0.2, 0.25) is 0 Å². The lowest BCUT2D eigenvalue weighted by Gasteiger charge is -2.08. The van der Waals surface area contributed by atoms with Crippen LogP contribution in [0.4, 0.5) is 0 Å². The van der Waals surface area contributed by atoms with Gasteiger partial charge in [0.25, 0.3) is 0 Å². The smallest absolute Gasteiger partial charge is 0.160 e. The fraction of sp³-hybridized carbons (Fsp3) is 0. The summed E-state index contributed by atoms with van der Waals surface area (Å²) in [6.45, 7) is 0. The molecule has 0 atom stereocenters. The highest BCUT2D eigenvalue weighted by Gasteiger charge is 2.11. The van der Waals surface area contributed by atoms with Crippen LogP contribution in [0.3, 0.4) is 0 Å². The van der Waals surface area contributed by atoms with Gasteiger partial charge >= 0.3 is 0 Å². The maximum atomic E-state index is 4.79. The van der Waals surface area contributed by atoms with E-state index in [1.807, 2.05) is 73.1 Å². The Morgan fingerprint density at radius 1 is 0.567 bits per heavy atom. The van der Waals surface area contributed by atoms with Crippen LogP contribution in [0.5, 0.6) is 0 Å². The number of hydrogen-bond acceptors (Lipinski definition) is 6. The molecule has 0 aliphatic carbocycles. The zero-order valence-electron chi connectivity index (χ0n) is 15.8. The van der Waals surface area contributed by atoms with Crippen molar-refractivity contribution in [2.24, 2.45) is 0 Å². The summed E-state index contributed by atoms with van der Waals surface area (Å²) in [5.41, 5.74) is 4.49. The molecule has 0 unspecified atom stereocenters. The Kier molecular flexibility index (Phi) is 3.67. The first kappa shape index (κ1) is 16.6. The van der Waals surface area contributed by atoms with Gasteiger partial charge in [-0.15, -0.1) is 0 Å². The van der Waals surface area contributed by atoms with Crippen molar-refractivity contribution in [1.29, 1.82) is 0 Å². The Labute approximate surface area is 171 Å². The Hall–Kier alpha value is -4.32. The summed E-state index contributed by atoms with van der Waals surface area (Å²) in [7, 11) is 0. The van der Waals surface area contributed by atoms with E-state index in [0.29, 0.717) is 11.6 Å². The first-order chi connectivity index (χ1) is 14.8. The molecule has 0 saturated carbocycles. The summed E-state index contributed by atoms with van der Waals surface area (Å²) in [4.78, 5) is 27.1. The van der Waals surface area contributed by atoms with E-state index in [0.717, 1.165) is 43.8 Å². The van der Waals surface area contributed by atoms with E-state index in [9.17, 15) is 0 Å². The molecule has 0 aliphatic heterocycles. The molecule has 6 rings (SSSR count). The number of hydrogen-bond donors (Lipinski definition) is 0. The van der Waals surface area contributed by atoms with Gasteiger partial charge in [-0.3, -0.25) is 0 Å². The second-order valence-electron chi connectivity index (χ2n) is 6.98. The van der Waals surface area contributed by atoms with Crippen molar-refractivity contribution in [2.75, 3.05) is 0 Å². The Balaban J connectivity index is 1.49. The molecule has 0 spiro atoms. The Morgan fingerprint density at radius 3 is 2.43 bits per heavy atom. The molecule has 30 heavy (non-hydrogen) atoms. The minimum Gasteiger partial charge on any atom is -0.244 e. The van der Waals surface area contributed by atoms with Crippen LogP contribution in [-0.2, 0) is 0 Å². The second kappa shape index (κ2) is 6.63. The predicted octanol–water partition coefficient (Wildman–Crippen LogP) is 4.85. The molecular weight excluding hydrogens is 372 g/mol. The quantitative estimate of drug-likeness (QED) is 0.423. The van der Waals surface area contributed by atoms with Crippen molar-refractivity contribution in [3.05, 3.63) is 85.6 Å². The molecule has 140 valence electrons. The van der Waals surface area contributed by atoms with Gasteiger partial charge in [-0.25, -0.2) is 29.9 Å². The van der Waals surface area contributed by atoms with Crippen LogP contribution in [0.1, 0.15) is 0 Å². The van der Waals surface area contributed by atoms with Crippen molar-refractivity contribution in [2.45, 2.75) is 0 Å². The van der Waals surface area contributed by atoms with E-state index in [1.165, 1.54) is 0 Å². The minimum atomic E-state index is 0.657. The van der Waals surface area contributed by atoms with Crippen LogP contribution in [0.15, 0.2) is 85.6 Å². The first-order valence-corrected chi connectivity index (χ1v) is 9.53. The van der Waals surface area contributed by atoms with E-state index in [2.05, 4.69) is 19.9 Å². The predicted molar refractivity (Wildman–Crippen MR) is 117 cm³/mol. The van der Waals surface area contributed by atoms with Gasteiger partial charge in [0.15, 0.2) is 11.6 Å². The summed E-state index contributed by atoms with van der Waals surface area (Å²) < 4.78 is 0. The standard InChI is InChI=1S/C24H14N6/c1-2-6-21-16(4-1)12-26-24(29-21)18-5-3-7-22-19(18)13-27-23(30-22)15-8-9-20-17(10-15)11-25-14-28-20/h1-14H. The topological polar surface area (TPSA) is 77.3 Å². The lowest BCUT2D eigenvalue weighted by atomic mass is 10.1. The molecule has 0 amide bonds. The molecule has 0 aliphatic rings. The third-order valence-electron chi connectivity index (χ3n) is 5.12. The monoisotopic (exact) mass is 386 g/mol. The van der Waals surface area contributed by atoms with Crippen molar-refractivity contribution in [3.8, 4) is 22.8 Å². The van der Waals surface area contributed by atoms with E-state index >= 15 is 0 Å². The van der Waals surface area contributed by atoms with Gasteiger partial charge in [-0.2, -0.15) is 0 Å². The first-order valence-electron chi connectivity index (χ1n) is 9.53. The summed E-state index contributed by atoms with van der Waals surface area (Å²) in [6, 6.07) is 19.9. The zero-order valence-corrected chi connectivity index (χ0v) is 15.8. The largest absolute Gasteiger partial charge is 0.244 e. The molecule has 6 nitrogen and oxygen atoms in total. The van der Waals surface area contributed by atoms with Crippen molar-refractivity contribution < 1.29 is 0 Å². The highest BCUT2D eigenvalue weighted by atomic mass is 14.9. The Morgan fingerprint density at radius 2 is 1.43 bits per heavy atom. The van der Waals surface area contributed by atoms with Gasteiger partial charge in [0, 0.05) is 45.9 Å². The number of aromatic nitrogens is 6. The van der Waals surface area contributed by atoms with Gasteiger partial charge in [0.1, 0.15) is 6.33 Å². The van der Waals surface area contributed by atoms with Gasteiger partial charge < -0.3 is 0 Å². The molecule has 0 radical (unpaired) electrons. The summed E-state index contributed by atoms with van der Waals surface area (Å²) in [6.07, 6.45) is 7.03. The van der Waals surface area contributed by atoms with Crippen LogP contribution in [-0.4, -0.2) is 29.9 Å². The third kappa shape index (κ3) is 2.74. The van der Waals surface area contributed by atoms with E-state index < -0.39 is 0 Å². The fourth-order valence-corrected chi connectivity index (χ4v) is 3.61. The fourth-order valence-electron chi connectivity index (χ4n) is 3.61. The lowest BCUT2D eigenvalue weighted by molar-refractivity contribution is 1.20. The van der Waals surface area contributed by atoms with Gasteiger partial charge in [-0.05, 0) is 30.3 Å². The van der Waals surface area contributed by atoms with Crippen LogP contribution in [0.2, 0.25) is 0 Å². The molecule has 0 fully saturated rings. The van der Waals surface area contributed by atoms with Crippen LogP contribution < -0.4 is 0 Å². The maximum absolute atomic E-state index is 4.79. The summed E-state index contributed by atoms with van der Waals surface area (Å²) in [5, 5.41) is 2.89. The van der Waals surface area contributed by atoms with E-state index in [-0.39, 0.29) is 0 Å².